The SMILES string of the molecule is Cc1c(N2C(=O)/C(=C\c3ccc(O)cc3)N=C2c2ccccc2)c(=O)n(-c2ccccc2)n1C. The third kappa shape index (κ3) is 3.53. The first kappa shape index (κ1) is 21.2. The molecule has 3 aromatic carbocycles. The van der Waals surface area contributed by atoms with Crippen LogP contribution in [0.1, 0.15) is 16.8 Å². The quantitative estimate of drug-likeness (QED) is 0.477. The Morgan fingerprint density at radius 2 is 1.47 bits per heavy atom. The fraction of sp³-hybridized carbons (Fsp3) is 0.0741. The van der Waals surface area contributed by atoms with Crippen LogP contribution in [0.2, 0.25) is 0 Å². The zero-order chi connectivity index (χ0) is 23.8. The molecule has 0 aliphatic carbocycles. The maximum absolute atomic E-state index is 13.7. The van der Waals surface area contributed by atoms with Crippen molar-refractivity contribution in [3.63, 3.8) is 0 Å². The number of carbonyl (C=O) groups is 1. The summed E-state index contributed by atoms with van der Waals surface area (Å²) in [6.07, 6.45) is 1.65. The van der Waals surface area contributed by atoms with Crippen LogP contribution in [0, 0.1) is 6.92 Å². The van der Waals surface area contributed by atoms with Crippen molar-refractivity contribution in [3.8, 4) is 11.4 Å². The van der Waals surface area contributed by atoms with Gasteiger partial charge in [0.05, 0.1) is 11.4 Å². The Labute approximate surface area is 196 Å². The van der Waals surface area contributed by atoms with Gasteiger partial charge in [-0.15, -0.1) is 0 Å². The lowest BCUT2D eigenvalue weighted by atomic mass is 10.1. The summed E-state index contributed by atoms with van der Waals surface area (Å²) in [6, 6.07) is 25.1. The lowest BCUT2D eigenvalue weighted by molar-refractivity contribution is -0.113. The van der Waals surface area contributed by atoms with Crippen LogP contribution in [-0.4, -0.2) is 26.2 Å². The normalized spacial score (nSPS) is 14.6. The van der Waals surface area contributed by atoms with Gasteiger partial charge in [-0.2, -0.15) is 0 Å². The number of para-hydroxylation sites is 1. The summed E-state index contributed by atoms with van der Waals surface area (Å²) in [4.78, 5) is 33.4. The molecule has 0 unspecified atom stereocenters. The second-order valence-corrected chi connectivity index (χ2v) is 7.97. The number of aliphatic imine (C=N–C) groups is 1. The first-order chi connectivity index (χ1) is 16.5. The molecule has 0 spiro atoms. The van der Waals surface area contributed by atoms with Crippen LogP contribution >= 0.6 is 0 Å². The average molecular weight is 450 g/mol. The van der Waals surface area contributed by atoms with E-state index in [1.165, 1.54) is 4.90 Å². The van der Waals surface area contributed by atoms with Crippen molar-refractivity contribution >= 4 is 23.5 Å². The Balaban J connectivity index is 1.69. The second-order valence-electron chi connectivity index (χ2n) is 7.97. The highest BCUT2D eigenvalue weighted by Crippen LogP contribution is 2.29. The number of rotatable bonds is 4. The Morgan fingerprint density at radius 3 is 2.12 bits per heavy atom. The second kappa shape index (κ2) is 8.37. The number of aromatic nitrogens is 2. The van der Waals surface area contributed by atoms with Crippen molar-refractivity contribution in [3.05, 3.63) is 118 Å². The highest BCUT2D eigenvalue weighted by atomic mass is 16.3. The Hall–Kier alpha value is -4.65. The number of amidine groups is 1. The van der Waals surface area contributed by atoms with E-state index >= 15 is 0 Å². The third-order valence-corrected chi connectivity index (χ3v) is 5.84. The number of nitrogens with zero attached hydrogens (tertiary/aromatic N) is 4. The van der Waals surface area contributed by atoms with Crippen molar-refractivity contribution < 1.29 is 9.90 Å². The molecule has 4 aromatic rings. The maximum atomic E-state index is 13.7. The summed E-state index contributed by atoms with van der Waals surface area (Å²) in [5.74, 6) is 0.135. The molecule has 1 aliphatic rings. The van der Waals surface area contributed by atoms with E-state index in [9.17, 15) is 14.7 Å². The van der Waals surface area contributed by atoms with Crippen LogP contribution in [-0.2, 0) is 11.8 Å². The predicted molar refractivity (Wildman–Crippen MR) is 132 cm³/mol. The zero-order valence-corrected chi connectivity index (χ0v) is 18.7. The number of phenols is 1. The monoisotopic (exact) mass is 450 g/mol. The summed E-state index contributed by atoms with van der Waals surface area (Å²) < 4.78 is 3.28. The highest BCUT2D eigenvalue weighted by Gasteiger charge is 2.37. The zero-order valence-electron chi connectivity index (χ0n) is 18.7. The molecule has 7 nitrogen and oxygen atoms in total. The van der Waals surface area contributed by atoms with Gasteiger partial charge in [-0.05, 0) is 42.8 Å². The van der Waals surface area contributed by atoms with Gasteiger partial charge in [0.25, 0.3) is 11.5 Å². The van der Waals surface area contributed by atoms with E-state index in [2.05, 4.69) is 4.99 Å². The van der Waals surface area contributed by atoms with Crippen molar-refractivity contribution in [2.75, 3.05) is 4.90 Å². The first-order valence-corrected chi connectivity index (χ1v) is 10.8. The summed E-state index contributed by atoms with van der Waals surface area (Å²) >= 11 is 0. The van der Waals surface area contributed by atoms with E-state index in [4.69, 9.17) is 0 Å². The number of carbonyl (C=O) groups excluding carboxylic acids is 1. The van der Waals surface area contributed by atoms with Crippen molar-refractivity contribution in [1.29, 1.82) is 0 Å². The molecule has 2 heterocycles. The number of benzene rings is 3. The minimum atomic E-state index is -0.391. The molecule has 0 bridgehead atoms. The van der Waals surface area contributed by atoms with E-state index in [1.54, 1.807) is 46.8 Å². The van der Waals surface area contributed by atoms with Gasteiger partial charge in [-0.3, -0.25) is 19.2 Å². The summed E-state index contributed by atoms with van der Waals surface area (Å²) in [5, 5.41) is 9.57. The molecule has 1 N–H and O–H groups in total. The van der Waals surface area contributed by atoms with Gasteiger partial charge in [0.1, 0.15) is 23.0 Å². The fourth-order valence-corrected chi connectivity index (χ4v) is 4.05. The average Bonchev–Trinajstić information content (AvgIpc) is 3.28. The van der Waals surface area contributed by atoms with Crippen LogP contribution in [0.4, 0.5) is 5.69 Å². The van der Waals surface area contributed by atoms with Crippen LogP contribution in [0.3, 0.4) is 0 Å². The first-order valence-electron chi connectivity index (χ1n) is 10.8. The van der Waals surface area contributed by atoms with Gasteiger partial charge in [0.2, 0.25) is 0 Å². The Morgan fingerprint density at radius 1 is 0.853 bits per heavy atom. The van der Waals surface area contributed by atoms with Crippen LogP contribution < -0.4 is 10.5 Å². The molecular weight excluding hydrogens is 428 g/mol. The molecule has 0 fully saturated rings. The lowest BCUT2D eigenvalue weighted by Crippen LogP contribution is -2.36. The topological polar surface area (TPSA) is 79.8 Å². The van der Waals surface area contributed by atoms with E-state index in [0.717, 1.165) is 5.56 Å². The molecule has 1 amide bonds. The number of amides is 1. The van der Waals surface area contributed by atoms with Crippen LogP contribution in [0.15, 0.2) is 100 Å². The third-order valence-electron chi connectivity index (χ3n) is 5.84. The maximum Gasteiger partial charge on any atom is 0.296 e. The van der Waals surface area contributed by atoms with E-state index in [-0.39, 0.29) is 22.7 Å². The fourth-order valence-electron chi connectivity index (χ4n) is 4.05. The molecule has 34 heavy (non-hydrogen) atoms. The summed E-state index contributed by atoms with van der Waals surface area (Å²) in [7, 11) is 1.79. The standard InChI is InChI=1S/C27H22N4O3/c1-18-24(27(34)31(29(18)2)21-11-7-4-8-12-21)30-25(20-9-5-3-6-10-20)28-23(26(30)33)17-19-13-15-22(32)16-14-19/h3-17,32H,1-2H3/b23-17+. The number of phenolic OH excluding ortho intramolecular Hbond substituents is 1. The molecule has 168 valence electrons. The van der Waals surface area contributed by atoms with Gasteiger partial charge in [0, 0.05) is 12.6 Å². The van der Waals surface area contributed by atoms with Crippen molar-refractivity contribution in [2.24, 2.45) is 12.0 Å². The highest BCUT2D eigenvalue weighted by molar-refractivity contribution is 6.33. The smallest absolute Gasteiger partial charge is 0.296 e. The van der Waals surface area contributed by atoms with Gasteiger partial charge in [-0.25, -0.2) is 9.67 Å². The Kier molecular flexibility index (Phi) is 5.22. The molecular formula is C27H22N4O3. The van der Waals surface area contributed by atoms with Crippen molar-refractivity contribution in [1.82, 2.24) is 9.36 Å². The molecule has 1 aromatic heterocycles. The number of aromatic hydroxyl groups is 1. The van der Waals surface area contributed by atoms with E-state index in [0.29, 0.717) is 22.8 Å². The van der Waals surface area contributed by atoms with Crippen molar-refractivity contribution in [2.45, 2.75) is 6.92 Å². The lowest BCUT2D eigenvalue weighted by Gasteiger charge is -2.17. The van der Waals surface area contributed by atoms with Gasteiger partial charge < -0.3 is 5.11 Å². The minimum Gasteiger partial charge on any atom is -0.508 e. The summed E-state index contributed by atoms with van der Waals surface area (Å²) in [5.41, 5.74) is 2.93. The number of hydrogen-bond donors (Lipinski definition) is 1. The van der Waals surface area contributed by atoms with Crippen LogP contribution in [0.25, 0.3) is 11.8 Å². The number of anilines is 1. The van der Waals surface area contributed by atoms with E-state index < -0.39 is 5.91 Å². The number of hydrogen-bond acceptors (Lipinski definition) is 4. The minimum absolute atomic E-state index is 0.136. The van der Waals surface area contributed by atoms with Crippen LogP contribution in [0.5, 0.6) is 5.75 Å². The molecule has 1 aliphatic heterocycles. The predicted octanol–water partition coefficient (Wildman–Crippen LogP) is 4.02. The van der Waals surface area contributed by atoms with Gasteiger partial charge in [0.15, 0.2) is 0 Å². The van der Waals surface area contributed by atoms with E-state index in [1.807, 2.05) is 67.6 Å². The molecule has 5 rings (SSSR count). The molecule has 0 saturated carbocycles. The largest absolute Gasteiger partial charge is 0.508 e. The molecule has 0 saturated heterocycles. The van der Waals surface area contributed by atoms with Gasteiger partial charge in [-0.1, -0.05) is 60.7 Å². The molecule has 0 radical (unpaired) electrons. The summed E-state index contributed by atoms with van der Waals surface area (Å²) in [6.45, 7) is 1.81. The Bertz CT molecular complexity index is 1500. The molecule has 7 heteroatoms. The molecule has 0 atom stereocenters. The van der Waals surface area contributed by atoms with Gasteiger partial charge >= 0.3 is 0 Å².